The first-order valence-electron chi connectivity index (χ1n) is 7.48. The van der Waals surface area contributed by atoms with Crippen molar-refractivity contribution in [1.82, 2.24) is 14.9 Å². The van der Waals surface area contributed by atoms with E-state index < -0.39 is 16.4 Å². The number of aromatic nitrogens is 3. The Hall–Kier alpha value is -3.24. The van der Waals surface area contributed by atoms with E-state index in [2.05, 4.69) is 15.3 Å². The number of nitro benzene ring substituents is 1. The molecule has 0 bridgehead atoms. The highest BCUT2D eigenvalue weighted by Gasteiger charge is 2.09. The summed E-state index contributed by atoms with van der Waals surface area (Å²) >= 11 is 10.9. The Morgan fingerprint density at radius 2 is 2.07 bits per heavy atom. The van der Waals surface area contributed by atoms with Crippen LogP contribution in [0.1, 0.15) is 11.4 Å². The van der Waals surface area contributed by atoms with Crippen LogP contribution in [0.3, 0.4) is 0 Å². The third kappa shape index (κ3) is 4.49. The van der Waals surface area contributed by atoms with E-state index in [1.54, 1.807) is 24.3 Å². The molecule has 0 saturated carbocycles. The van der Waals surface area contributed by atoms with Crippen LogP contribution in [-0.2, 0) is 6.61 Å². The maximum absolute atomic E-state index is 11.4. The zero-order valence-corrected chi connectivity index (χ0v) is 15.1. The highest BCUT2D eigenvalue weighted by molar-refractivity contribution is 7.71. The zero-order chi connectivity index (χ0) is 19.4. The molecule has 2 aromatic carbocycles. The second kappa shape index (κ2) is 7.98. The van der Waals surface area contributed by atoms with Gasteiger partial charge in [0, 0.05) is 16.7 Å². The summed E-state index contributed by atoms with van der Waals surface area (Å²) in [5.74, 6) is 0.306. The lowest BCUT2D eigenvalue weighted by molar-refractivity contribution is -0.398. The lowest BCUT2D eigenvalue weighted by atomic mass is 10.2. The van der Waals surface area contributed by atoms with Crippen molar-refractivity contribution < 1.29 is 14.8 Å². The van der Waals surface area contributed by atoms with Gasteiger partial charge in [0.2, 0.25) is 4.77 Å². The van der Waals surface area contributed by atoms with E-state index in [1.807, 2.05) is 0 Å². The summed E-state index contributed by atoms with van der Waals surface area (Å²) in [7, 11) is 0. The number of ether oxygens (including phenoxy) is 1. The number of halogens is 1. The number of hydrogen-bond acceptors (Lipinski definition) is 7. The summed E-state index contributed by atoms with van der Waals surface area (Å²) < 4.78 is 7.15. The van der Waals surface area contributed by atoms with Gasteiger partial charge < -0.3 is 9.84 Å². The SMILES string of the molecule is O=[N+]([O-])c1cc(/C=N\n2c(COc3ccc(Cl)cc3)n[nH]c2=S)ccc1[O-]. The van der Waals surface area contributed by atoms with Gasteiger partial charge in [-0.1, -0.05) is 23.7 Å². The van der Waals surface area contributed by atoms with E-state index in [0.29, 0.717) is 22.2 Å². The number of nitrogens with zero attached hydrogens (tertiary/aromatic N) is 4. The second-order valence-corrected chi connectivity index (χ2v) is 6.05. The number of nitro groups is 1. The summed E-state index contributed by atoms with van der Waals surface area (Å²) in [6.07, 6.45) is 1.34. The largest absolute Gasteiger partial charge is 0.868 e. The molecule has 3 aromatic rings. The topological polar surface area (TPSA) is 121 Å². The third-order valence-electron chi connectivity index (χ3n) is 3.40. The van der Waals surface area contributed by atoms with Crippen LogP contribution in [0.5, 0.6) is 11.5 Å². The predicted molar refractivity (Wildman–Crippen MR) is 98.7 cm³/mol. The molecule has 1 aromatic heterocycles. The molecule has 0 amide bonds. The molecule has 1 heterocycles. The minimum absolute atomic E-state index is 0.0752. The number of H-pyrrole nitrogens is 1. The molecule has 138 valence electrons. The minimum atomic E-state index is -0.742. The van der Waals surface area contributed by atoms with Crippen molar-refractivity contribution in [3.8, 4) is 11.5 Å². The quantitative estimate of drug-likeness (QED) is 0.291. The van der Waals surface area contributed by atoms with Crippen LogP contribution in [0.2, 0.25) is 5.02 Å². The van der Waals surface area contributed by atoms with Crippen molar-refractivity contribution in [3.63, 3.8) is 0 Å². The van der Waals surface area contributed by atoms with Gasteiger partial charge in [-0.15, -0.1) is 0 Å². The monoisotopic (exact) mass is 404 g/mol. The summed E-state index contributed by atoms with van der Waals surface area (Å²) in [6.45, 7) is 0.0752. The molecule has 1 N–H and O–H groups in total. The molecule has 9 nitrogen and oxygen atoms in total. The van der Waals surface area contributed by atoms with Gasteiger partial charge in [-0.25, -0.2) is 5.10 Å². The van der Waals surface area contributed by atoms with Gasteiger partial charge in [-0.2, -0.15) is 14.9 Å². The Labute approximate surface area is 162 Å². The van der Waals surface area contributed by atoms with Crippen molar-refractivity contribution in [2.75, 3.05) is 0 Å². The molecule has 0 spiro atoms. The molecule has 27 heavy (non-hydrogen) atoms. The van der Waals surface area contributed by atoms with Gasteiger partial charge in [0.1, 0.15) is 12.4 Å². The highest BCUT2D eigenvalue weighted by Crippen LogP contribution is 2.23. The molecule has 0 aliphatic rings. The maximum atomic E-state index is 11.4. The summed E-state index contributed by atoms with van der Waals surface area (Å²) in [5.41, 5.74) is -0.157. The second-order valence-electron chi connectivity index (χ2n) is 5.23. The maximum Gasteiger partial charge on any atom is 0.262 e. The molecular weight excluding hydrogens is 394 g/mol. The van der Waals surface area contributed by atoms with Gasteiger partial charge in [0.15, 0.2) is 5.82 Å². The van der Waals surface area contributed by atoms with Gasteiger partial charge in [-0.3, -0.25) is 10.1 Å². The Morgan fingerprint density at radius 3 is 2.78 bits per heavy atom. The van der Waals surface area contributed by atoms with Crippen molar-refractivity contribution in [2.24, 2.45) is 5.10 Å². The fourth-order valence-corrected chi connectivity index (χ4v) is 2.42. The number of aromatic amines is 1. The average Bonchev–Trinajstić information content (AvgIpc) is 3.00. The molecule has 0 aliphatic carbocycles. The lowest BCUT2D eigenvalue weighted by Gasteiger charge is -2.06. The van der Waals surface area contributed by atoms with Gasteiger partial charge >= 0.3 is 0 Å². The summed E-state index contributed by atoms with van der Waals surface area (Å²) in [5, 5.41) is 33.7. The van der Waals surface area contributed by atoms with Gasteiger partial charge in [0.05, 0.1) is 11.1 Å². The van der Waals surface area contributed by atoms with Crippen molar-refractivity contribution >= 4 is 35.7 Å². The fourth-order valence-electron chi connectivity index (χ4n) is 2.10. The number of hydrogen-bond donors (Lipinski definition) is 1. The van der Waals surface area contributed by atoms with Crippen molar-refractivity contribution in [1.29, 1.82) is 0 Å². The molecule has 0 aliphatic heterocycles. The van der Waals surface area contributed by atoms with E-state index in [4.69, 9.17) is 28.6 Å². The average molecular weight is 405 g/mol. The van der Waals surface area contributed by atoms with Crippen LogP contribution in [0.4, 0.5) is 5.69 Å². The van der Waals surface area contributed by atoms with Gasteiger partial charge in [0.25, 0.3) is 5.69 Å². The van der Waals surface area contributed by atoms with Crippen LogP contribution in [0.25, 0.3) is 0 Å². The number of rotatable bonds is 6. The Balaban J connectivity index is 1.79. The molecule has 0 atom stereocenters. The molecule has 11 heteroatoms. The highest BCUT2D eigenvalue weighted by atomic mass is 35.5. The molecule has 3 rings (SSSR count). The molecule has 0 radical (unpaired) electrons. The smallest absolute Gasteiger partial charge is 0.262 e. The Morgan fingerprint density at radius 1 is 1.33 bits per heavy atom. The molecule has 0 fully saturated rings. The van der Waals surface area contributed by atoms with Crippen LogP contribution in [0, 0.1) is 14.9 Å². The molecular formula is C16H11ClN5O4S-. The van der Waals surface area contributed by atoms with E-state index in [-0.39, 0.29) is 11.4 Å². The van der Waals surface area contributed by atoms with Crippen LogP contribution >= 0.6 is 23.8 Å². The van der Waals surface area contributed by atoms with E-state index >= 15 is 0 Å². The Kier molecular flexibility index (Phi) is 5.48. The number of benzene rings is 2. The predicted octanol–water partition coefficient (Wildman–Crippen LogP) is 3.04. The fraction of sp³-hybridized carbons (Fsp3) is 0.0625. The van der Waals surface area contributed by atoms with Crippen LogP contribution in [-0.4, -0.2) is 26.0 Å². The third-order valence-corrected chi connectivity index (χ3v) is 3.92. The Bertz CT molecular complexity index is 1060. The molecule has 0 unspecified atom stereocenters. The van der Waals surface area contributed by atoms with Crippen molar-refractivity contribution in [2.45, 2.75) is 6.61 Å². The first kappa shape index (κ1) is 18.5. The zero-order valence-electron chi connectivity index (χ0n) is 13.5. The first-order valence-corrected chi connectivity index (χ1v) is 8.27. The minimum Gasteiger partial charge on any atom is -0.868 e. The van der Waals surface area contributed by atoms with Crippen molar-refractivity contribution in [3.05, 3.63) is 73.8 Å². The normalized spacial score (nSPS) is 11.0. The van der Waals surface area contributed by atoms with Gasteiger partial charge in [-0.05, 0) is 42.2 Å². The van der Waals surface area contributed by atoms with Crippen LogP contribution < -0.4 is 9.84 Å². The lowest BCUT2D eigenvalue weighted by Crippen LogP contribution is -2.04. The summed E-state index contributed by atoms with van der Waals surface area (Å²) in [4.78, 5) is 10.1. The van der Waals surface area contributed by atoms with E-state index in [9.17, 15) is 15.2 Å². The first-order chi connectivity index (χ1) is 12.9. The summed E-state index contributed by atoms with van der Waals surface area (Å²) in [6, 6.07) is 10.5. The van der Waals surface area contributed by atoms with Crippen LogP contribution in [0.15, 0.2) is 47.6 Å². The molecule has 0 saturated heterocycles. The standard InChI is InChI=1S/C16H12ClN5O4S/c17-11-2-4-12(5-3-11)26-9-15-19-20-16(27)21(15)18-8-10-1-6-14(23)13(7-10)22(24)25/h1-8,23H,9H2,(H,20,27)/p-1/b18-8-. The number of nitrogens with one attached hydrogen (secondary N) is 1. The van der Waals surface area contributed by atoms with E-state index in [0.717, 1.165) is 12.1 Å². The van der Waals surface area contributed by atoms with E-state index in [1.165, 1.54) is 17.0 Å².